The van der Waals surface area contributed by atoms with Crippen molar-refractivity contribution in [2.75, 3.05) is 0 Å². The number of aromatic nitrogens is 4. The van der Waals surface area contributed by atoms with Crippen molar-refractivity contribution in [3.63, 3.8) is 0 Å². The average molecular weight is 639 g/mol. The zero-order chi connectivity index (χ0) is 33.0. The van der Waals surface area contributed by atoms with Gasteiger partial charge in [0.15, 0.2) is 17.5 Å². The smallest absolute Gasteiger partial charge is 0.164 e. The fourth-order valence-electron chi connectivity index (χ4n) is 7.45. The molecule has 10 rings (SSSR count). The van der Waals surface area contributed by atoms with E-state index in [4.69, 9.17) is 15.0 Å². The molecule has 7 aromatic carbocycles. The van der Waals surface area contributed by atoms with Crippen LogP contribution in [0.25, 0.3) is 83.9 Å². The van der Waals surface area contributed by atoms with Gasteiger partial charge >= 0.3 is 0 Å². The number of fused-ring (bicyclic) bond motifs is 6. The summed E-state index contributed by atoms with van der Waals surface area (Å²) < 4.78 is 2.40. The van der Waals surface area contributed by atoms with E-state index in [9.17, 15) is 0 Å². The van der Waals surface area contributed by atoms with Gasteiger partial charge in [0.05, 0.1) is 11.0 Å². The van der Waals surface area contributed by atoms with E-state index in [1.54, 1.807) is 0 Å². The molecule has 0 atom stereocenters. The summed E-state index contributed by atoms with van der Waals surface area (Å²) in [4.78, 5) is 14.7. The molecule has 0 bridgehead atoms. The average Bonchev–Trinajstić information content (AvgIpc) is 3.73. The monoisotopic (exact) mass is 638 g/mol. The Bertz CT molecular complexity index is 2600. The molecule has 0 fully saturated rings. The predicted molar refractivity (Wildman–Crippen MR) is 204 cm³/mol. The highest BCUT2D eigenvalue weighted by atomic mass is 15.0. The molecule has 0 radical (unpaired) electrons. The van der Waals surface area contributed by atoms with Crippen LogP contribution >= 0.6 is 0 Å². The van der Waals surface area contributed by atoms with Crippen molar-refractivity contribution >= 4 is 21.8 Å². The summed E-state index contributed by atoms with van der Waals surface area (Å²) in [5.41, 5.74) is 14.3. The maximum Gasteiger partial charge on any atom is 0.164 e. The highest BCUT2D eigenvalue weighted by molar-refractivity contribution is 6.09. The van der Waals surface area contributed by atoms with Crippen molar-refractivity contribution in [3.05, 3.63) is 181 Å². The minimum Gasteiger partial charge on any atom is -0.309 e. The third kappa shape index (κ3) is 4.73. The van der Waals surface area contributed by atoms with Crippen LogP contribution < -0.4 is 0 Å². The third-order valence-electron chi connectivity index (χ3n) is 9.88. The number of para-hydroxylation sites is 2. The van der Waals surface area contributed by atoms with Gasteiger partial charge in [0.2, 0.25) is 0 Å². The largest absolute Gasteiger partial charge is 0.309 e. The molecule has 50 heavy (non-hydrogen) atoms. The molecule has 4 heteroatoms. The van der Waals surface area contributed by atoms with Gasteiger partial charge in [0.25, 0.3) is 0 Å². The number of nitrogens with zero attached hydrogens (tertiary/aromatic N) is 4. The van der Waals surface area contributed by atoms with E-state index < -0.39 is 0 Å². The van der Waals surface area contributed by atoms with Crippen LogP contribution in [0.5, 0.6) is 0 Å². The van der Waals surface area contributed by atoms with E-state index in [-0.39, 0.29) is 0 Å². The molecule has 0 unspecified atom stereocenters. The zero-order valence-corrected chi connectivity index (χ0v) is 27.2. The molecule has 1 aliphatic rings. The summed E-state index contributed by atoms with van der Waals surface area (Å²) in [6.45, 7) is 0. The molecule has 2 heterocycles. The predicted octanol–water partition coefficient (Wildman–Crippen LogP) is 11.2. The Morgan fingerprint density at radius 3 is 1.46 bits per heavy atom. The normalized spacial score (nSPS) is 11.9. The third-order valence-corrected chi connectivity index (χ3v) is 9.88. The molecule has 1 aliphatic carbocycles. The topological polar surface area (TPSA) is 43.6 Å². The van der Waals surface area contributed by atoms with Gasteiger partial charge in [-0.15, -0.1) is 0 Å². The summed E-state index contributed by atoms with van der Waals surface area (Å²) in [6, 6.07) is 60.0. The summed E-state index contributed by atoms with van der Waals surface area (Å²) in [6.07, 6.45) is 0.930. The van der Waals surface area contributed by atoms with Gasteiger partial charge in [-0.2, -0.15) is 0 Å². The second-order valence-corrected chi connectivity index (χ2v) is 12.9. The highest BCUT2D eigenvalue weighted by Gasteiger charge is 2.21. The fraction of sp³-hybridized carbons (Fsp3) is 0.0217. The van der Waals surface area contributed by atoms with Crippen LogP contribution in [0.4, 0.5) is 0 Å². The molecule has 0 N–H and O–H groups in total. The second-order valence-electron chi connectivity index (χ2n) is 12.9. The SMILES string of the molecule is c1ccc(-c2nc(-c3ccccc3)nc(-c3ccc(-c4ccc5c(c4)Cc4ccc(-n6c7ccccc7c7ccccc76)cc4-5)cc3)n2)cc1. The Hall–Kier alpha value is -6.65. The minimum atomic E-state index is 0.660. The van der Waals surface area contributed by atoms with Crippen LogP contribution in [0, 0.1) is 0 Å². The lowest BCUT2D eigenvalue weighted by atomic mass is 9.98. The molecule has 0 saturated carbocycles. The van der Waals surface area contributed by atoms with E-state index in [2.05, 4.69) is 114 Å². The molecule has 2 aromatic heterocycles. The van der Waals surface area contributed by atoms with Gasteiger partial charge in [-0.1, -0.05) is 146 Å². The van der Waals surface area contributed by atoms with Crippen molar-refractivity contribution in [2.45, 2.75) is 6.42 Å². The molecule has 0 spiro atoms. The highest BCUT2D eigenvalue weighted by Crippen LogP contribution is 2.41. The lowest BCUT2D eigenvalue weighted by Gasteiger charge is -2.11. The van der Waals surface area contributed by atoms with Crippen molar-refractivity contribution in [1.29, 1.82) is 0 Å². The van der Waals surface area contributed by atoms with Crippen LogP contribution in [0.2, 0.25) is 0 Å². The summed E-state index contributed by atoms with van der Waals surface area (Å²) in [5, 5.41) is 2.56. The van der Waals surface area contributed by atoms with Crippen LogP contribution in [-0.2, 0) is 6.42 Å². The molecular formula is C46H30N4. The van der Waals surface area contributed by atoms with E-state index in [0.29, 0.717) is 17.5 Å². The number of benzene rings is 7. The van der Waals surface area contributed by atoms with E-state index in [1.165, 1.54) is 60.9 Å². The van der Waals surface area contributed by atoms with E-state index in [0.717, 1.165) is 23.1 Å². The molecule has 9 aromatic rings. The number of hydrogen-bond donors (Lipinski definition) is 0. The zero-order valence-electron chi connectivity index (χ0n) is 27.2. The van der Waals surface area contributed by atoms with E-state index >= 15 is 0 Å². The molecular weight excluding hydrogens is 609 g/mol. The van der Waals surface area contributed by atoms with E-state index in [1.807, 2.05) is 60.7 Å². The molecule has 234 valence electrons. The quantitative estimate of drug-likeness (QED) is 0.188. The second kappa shape index (κ2) is 11.5. The first-order valence-electron chi connectivity index (χ1n) is 17.0. The Morgan fingerprint density at radius 1 is 0.360 bits per heavy atom. The van der Waals surface area contributed by atoms with Crippen molar-refractivity contribution in [1.82, 2.24) is 19.5 Å². The van der Waals surface area contributed by atoms with Gasteiger partial charge in [-0.3, -0.25) is 0 Å². The lowest BCUT2D eigenvalue weighted by Crippen LogP contribution is -2.00. The van der Waals surface area contributed by atoms with Crippen LogP contribution in [0.3, 0.4) is 0 Å². The Balaban J connectivity index is 0.989. The molecule has 0 aliphatic heterocycles. The maximum atomic E-state index is 4.91. The minimum absolute atomic E-state index is 0.660. The first kappa shape index (κ1) is 28.4. The van der Waals surface area contributed by atoms with Crippen LogP contribution in [0.15, 0.2) is 170 Å². The molecule has 4 nitrogen and oxygen atoms in total. The van der Waals surface area contributed by atoms with Crippen LogP contribution in [0.1, 0.15) is 11.1 Å². The van der Waals surface area contributed by atoms with Gasteiger partial charge in [0, 0.05) is 33.2 Å². The van der Waals surface area contributed by atoms with Crippen molar-refractivity contribution < 1.29 is 0 Å². The number of hydrogen-bond acceptors (Lipinski definition) is 3. The summed E-state index contributed by atoms with van der Waals surface area (Å²) in [5.74, 6) is 1.99. The standard InChI is InChI=1S/C46H30N4/c1-3-11-31(12-4-1)44-47-45(32-13-5-2-6-14-32)49-46(48-44)33-21-19-30(20-22-33)34-24-26-38-36(27-34)28-35-23-25-37(29-41(35)38)50-42-17-9-7-15-39(42)40-16-8-10-18-43(40)50/h1-27,29H,28H2. The first-order valence-corrected chi connectivity index (χ1v) is 17.0. The Labute approximate surface area is 290 Å². The van der Waals surface area contributed by atoms with Gasteiger partial charge in [0.1, 0.15) is 0 Å². The first-order chi connectivity index (χ1) is 24.8. The summed E-state index contributed by atoms with van der Waals surface area (Å²) >= 11 is 0. The van der Waals surface area contributed by atoms with Crippen LogP contribution in [-0.4, -0.2) is 19.5 Å². The summed E-state index contributed by atoms with van der Waals surface area (Å²) in [7, 11) is 0. The maximum absolute atomic E-state index is 4.91. The van der Waals surface area contributed by atoms with Gasteiger partial charge in [-0.05, 0) is 64.1 Å². The van der Waals surface area contributed by atoms with Crippen molar-refractivity contribution in [2.24, 2.45) is 0 Å². The van der Waals surface area contributed by atoms with Gasteiger partial charge < -0.3 is 4.57 Å². The van der Waals surface area contributed by atoms with Gasteiger partial charge in [-0.25, -0.2) is 15.0 Å². The molecule has 0 saturated heterocycles. The van der Waals surface area contributed by atoms with Crippen molar-refractivity contribution in [3.8, 4) is 62.1 Å². The Kier molecular flexibility index (Phi) is 6.53. The molecule has 0 amide bonds. The fourth-order valence-corrected chi connectivity index (χ4v) is 7.45. The lowest BCUT2D eigenvalue weighted by molar-refractivity contribution is 1.07. The Morgan fingerprint density at radius 2 is 0.860 bits per heavy atom. The number of rotatable bonds is 5.